The summed E-state index contributed by atoms with van der Waals surface area (Å²) in [6.45, 7) is 1.80. The first-order valence-electron chi connectivity index (χ1n) is 11.4. The Bertz CT molecular complexity index is 1390. The fraction of sp³-hybridized carbons (Fsp3) is 0.143. The van der Waals surface area contributed by atoms with Crippen LogP contribution in [-0.2, 0) is 6.42 Å². The van der Waals surface area contributed by atoms with Crippen LogP contribution in [0.3, 0.4) is 0 Å². The SMILES string of the molecule is Cc1c(C(=O)Oc2cccnc2)oc2c1/C(=N/NC(=O)c1ccc(-c3ccccc3)cc1)CCC2. The molecule has 0 saturated heterocycles. The molecular formula is C28H23N3O4. The molecule has 5 rings (SSSR count). The number of amides is 1. The van der Waals surface area contributed by atoms with Crippen LogP contribution in [0, 0.1) is 6.92 Å². The first-order chi connectivity index (χ1) is 17.1. The number of benzene rings is 2. The quantitative estimate of drug-likeness (QED) is 0.317. The molecule has 0 fully saturated rings. The normalized spacial score (nSPS) is 13.8. The number of nitrogens with zero attached hydrogens (tertiary/aromatic N) is 2. The van der Waals surface area contributed by atoms with Crippen molar-refractivity contribution < 1.29 is 18.7 Å². The van der Waals surface area contributed by atoms with Gasteiger partial charge in [0.2, 0.25) is 5.76 Å². The molecule has 7 heteroatoms. The highest BCUT2D eigenvalue weighted by molar-refractivity contribution is 6.06. The molecule has 2 aromatic heterocycles. The van der Waals surface area contributed by atoms with Crippen LogP contribution in [-0.4, -0.2) is 22.6 Å². The van der Waals surface area contributed by atoms with Gasteiger partial charge >= 0.3 is 5.97 Å². The first-order valence-corrected chi connectivity index (χ1v) is 11.4. The Morgan fingerprint density at radius 3 is 2.49 bits per heavy atom. The number of carbonyl (C=O) groups is 2. The highest BCUT2D eigenvalue weighted by Crippen LogP contribution is 2.30. The number of esters is 1. The second-order valence-electron chi connectivity index (χ2n) is 8.23. The first kappa shape index (κ1) is 22.3. The molecule has 0 atom stereocenters. The van der Waals surface area contributed by atoms with E-state index in [0.717, 1.165) is 23.1 Å². The summed E-state index contributed by atoms with van der Waals surface area (Å²) in [6, 6.07) is 20.7. The Morgan fingerprint density at radius 1 is 0.971 bits per heavy atom. The zero-order valence-corrected chi connectivity index (χ0v) is 19.2. The number of hydrazone groups is 1. The molecule has 1 amide bonds. The second kappa shape index (κ2) is 9.77. The predicted octanol–water partition coefficient (Wildman–Crippen LogP) is 5.34. The average molecular weight is 466 g/mol. The molecule has 0 spiro atoms. The standard InChI is InChI=1S/C28H23N3O4/c1-18-25-23(10-5-11-24(25)35-26(18)28(33)34-22-9-6-16-29-17-22)30-31-27(32)21-14-12-20(13-15-21)19-7-3-2-4-8-19/h2-4,6-9,12-17H,5,10-11H2,1H3,(H,31,32)/b30-23+. The molecule has 2 heterocycles. The molecule has 2 aromatic carbocycles. The van der Waals surface area contributed by atoms with E-state index in [2.05, 4.69) is 15.5 Å². The van der Waals surface area contributed by atoms with Crippen molar-refractivity contribution in [3.05, 3.63) is 107 Å². The zero-order chi connectivity index (χ0) is 24.2. The second-order valence-corrected chi connectivity index (χ2v) is 8.23. The highest BCUT2D eigenvalue weighted by atomic mass is 16.5. The van der Waals surface area contributed by atoms with Gasteiger partial charge in [0, 0.05) is 29.3 Å². The van der Waals surface area contributed by atoms with Gasteiger partial charge in [-0.1, -0.05) is 42.5 Å². The molecule has 35 heavy (non-hydrogen) atoms. The van der Waals surface area contributed by atoms with Crippen LogP contribution in [0.1, 0.15) is 50.6 Å². The number of pyridine rings is 1. The number of furan rings is 1. The summed E-state index contributed by atoms with van der Waals surface area (Å²) in [5, 5.41) is 4.39. The Hall–Kier alpha value is -4.52. The Balaban J connectivity index is 1.32. The molecule has 0 radical (unpaired) electrons. The van der Waals surface area contributed by atoms with Gasteiger partial charge in [0.15, 0.2) is 0 Å². The van der Waals surface area contributed by atoms with Crippen molar-refractivity contribution in [3.63, 3.8) is 0 Å². The number of carbonyl (C=O) groups excluding carboxylic acids is 2. The molecule has 1 aliphatic rings. The fourth-order valence-electron chi connectivity index (χ4n) is 4.16. The molecule has 0 saturated carbocycles. The average Bonchev–Trinajstić information content (AvgIpc) is 3.25. The monoisotopic (exact) mass is 465 g/mol. The van der Waals surface area contributed by atoms with Crippen molar-refractivity contribution in [2.45, 2.75) is 26.2 Å². The lowest BCUT2D eigenvalue weighted by Crippen LogP contribution is -2.22. The maximum Gasteiger partial charge on any atom is 0.379 e. The lowest BCUT2D eigenvalue weighted by atomic mass is 9.93. The molecule has 0 bridgehead atoms. The number of fused-ring (bicyclic) bond motifs is 1. The molecule has 7 nitrogen and oxygen atoms in total. The van der Waals surface area contributed by atoms with Crippen LogP contribution in [0.25, 0.3) is 11.1 Å². The van der Waals surface area contributed by atoms with Crippen molar-refractivity contribution in [3.8, 4) is 16.9 Å². The number of aryl methyl sites for hydroxylation is 1. The van der Waals surface area contributed by atoms with Crippen LogP contribution >= 0.6 is 0 Å². The summed E-state index contributed by atoms with van der Waals surface area (Å²) in [6.07, 6.45) is 5.22. The minimum atomic E-state index is -0.591. The van der Waals surface area contributed by atoms with Crippen LogP contribution in [0.4, 0.5) is 0 Å². The number of hydrogen-bond acceptors (Lipinski definition) is 6. The van der Waals surface area contributed by atoms with Crippen molar-refractivity contribution >= 4 is 17.6 Å². The van der Waals surface area contributed by atoms with E-state index < -0.39 is 5.97 Å². The number of aromatic nitrogens is 1. The van der Waals surface area contributed by atoms with Gasteiger partial charge in [-0.15, -0.1) is 0 Å². The summed E-state index contributed by atoms with van der Waals surface area (Å²) < 4.78 is 11.2. The zero-order valence-electron chi connectivity index (χ0n) is 19.2. The lowest BCUT2D eigenvalue weighted by molar-refractivity contribution is 0.0697. The van der Waals surface area contributed by atoms with E-state index in [9.17, 15) is 9.59 Å². The van der Waals surface area contributed by atoms with E-state index in [1.54, 1.807) is 37.4 Å². The number of hydrogen-bond donors (Lipinski definition) is 1. The van der Waals surface area contributed by atoms with E-state index in [1.807, 2.05) is 42.5 Å². The number of ether oxygens (including phenoxy) is 1. The van der Waals surface area contributed by atoms with Crippen molar-refractivity contribution in [2.75, 3.05) is 0 Å². The molecule has 0 unspecified atom stereocenters. The van der Waals surface area contributed by atoms with Crippen LogP contribution in [0.5, 0.6) is 5.75 Å². The van der Waals surface area contributed by atoms with Crippen LogP contribution in [0.15, 0.2) is 88.6 Å². The van der Waals surface area contributed by atoms with Crippen molar-refractivity contribution in [1.82, 2.24) is 10.4 Å². The van der Waals surface area contributed by atoms with E-state index in [4.69, 9.17) is 9.15 Å². The summed E-state index contributed by atoms with van der Waals surface area (Å²) in [5.41, 5.74) is 7.37. The van der Waals surface area contributed by atoms with Gasteiger partial charge < -0.3 is 9.15 Å². The molecule has 1 N–H and O–H groups in total. The van der Waals surface area contributed by atoms with Gasteiger partial charge in [0.05, 0.1) is 11.9 Å². The Kier molecular flexibility index (Phi) is 6.22. The maximum absolute atomic E-state index is 12.7. The van der Waals surface area contributed by atoms with Gasteiger partial charge in [0.1, 0.15) is 11.5 Å². The summed E-state index contributed by atoms with van der Waals surface area (Å²) in [4.78, 5) is 29.4. The Morgan fingerprint density at radius 2 is 1.74 bits per heavy atom. The largest absolute Gasteiger partial charge is 0.453 e. The van der Waals surface area contributed by atoms with Crippen LogP contribution in [0.2, 0.25) is 0 Å². The third-order valence-electron chi connectivity index (χ3n) is 5.90. The van der Waals surface area contributed by atoms with Gasteiger partial charge in [-0.2, -0.15) is 5.10 Å². The topological polar surface area (TPSA) is 93.8 Å². The predicted molar refractivity (Wildman–Crippen MR) is 131 cm³/mol. The summed E-state index contributed by atoms with van der Waals surface area (Å²) in [5.74, 6) is 0.252. The maximum atomic E-state index is 12.7. The van der Waals surface area contributed by atoms with Gasteiger partial charge in [0.25, 0.3) is 5.91 Å². The lowest BCUT2D eigenvalue weighted by Gasteiger charge is -2.13. The number of rotatable bonds is 5. The highest BCUT2D eigenvalue weighted by Gasteiger charge is 2.29. The van der Waals surface area contributed by atoms with E-state index >= 15 is 0 Å². The van der Waals surface area contributed by atoms with Crippen molar-refractivity contribution in [2.24, 2.45) is 5.10 Å². The summed E-state index contributed by atoms with van der Waals surface area (Å²) in [7, 11) is 0. The van der Waals surface area contributed by atoms with E-state index in [0.29, 0.717) is 41.2 Å². The fourth-order valence-corrected chi connectivity index (χ4v) is 4.16. The van der Waals surface area contributed by atoms with E-state index in [-0.39, 0.29) is 11.7 Å². The molecule has 0 aliphatic heterocycles. The van der Waals surface area contributed by atoms with Gasteiger partial charge in [-0.05, 0) is 55.2 Å². The van der Waals surface area contributed by atoms with Gasteiger partial charge in [-0.3, -0.25) is 9.78 Å². The third kappa shape index (κ3) is 4.75. The molecular weight excluding hydrogens is 442 g/mol. The Labute approximate surface area is 202 Å². The third-order valence-corrected chi connectivity index (χ3v) is 5.90. The molecule has 174 valence electrons. The number of nitrogens with one attached hydrogen (secondary N) is 1. The smallest absolute Gasteiger partial charge is 0.379 e. The van der Waals surface area contributed by atoms with Crippen LogP contribution < -0.4 is 10.2 Å². The molecule has 4 aromatic rings. The minimum Gasteiger partial charge on any atom is -0.453 e. The van der Waals surface area contributed by atoms with Gasteiger partial charge in [-0.25, -0.2) is 10.2 Å². The van der Waals surface area contributed by atoms with E-state index in [1.165, 1.54) is 6.20 Å². The summed E-state index contributed by atoms with van der Waals surface area (Å²) >= 11 is 0. The molecule has 1 aliphatic carbocycles. The minimum absolute atomic E-state index is 0.135. The van der Waals surface area contributed by atoms with Crippen molar-refractivity contribution in [1.29, 1.82) is 0 Å².